The molecule has 2 heterocycles. The van der Waals surface area contributed by atoms with Crippen LogP contribution in [0.3, 0.4) is 0 Å². The van der Waals surface area contributed by atoms with Crippen LogP contribution in [0.2, 0.25) is 0 Å². The monoisotopic (exact) mass is 484 g/mol. The third-order valence-electron chi connectivity index (χ3n) is 6.85. The van der Waals surface area contributed by atoms with Gasteiger partial charge < -0.3 is 4.90 Å². The van der Waals surface area contributed by atoms with Crippen LogP contribution in [-0.2, 0) is 0 Å². The second-order valence-corrected chi connectivity index (χ2v) is 10.1. The lowest BCUT2D eigenvalue weighted by atomic mass is 9.92. The highest BCUT2D eigenvalue weighted by Crippen LogP contribution is 2.53. The van der Waals surface area contributed by atoms with Crippen LogP contribution in [0.1, 0.15) is 26.3 Å². The smallest absolute Gasteiger partial charge is 0.265 e. The van der Waals surface area contributed by atoms with Crippen LogP contribution >= 0.6 is 11.8 Å². The van der Waals surface area contributed by atoms with E-state index >= 15 is 0 Å². The number of hydrogen-bond donors (Lipinski definition) is 0. The quantitative estimate of drug-likeness (QED) is 0.234. The van der Waals surface area contributed by atoms with Crippen molar-refractivity contribution in [2.75, 3.05) is 9.80 Å². The van der Waals surface area contributed by atoms with Gasteiger partial charge in [0.2, 0.25) is 0 Å². The number of aryl methyl sites for hydroxylation is 1. The highest BCUT2D eigenvalue weighted by molar-refractivity contribution is 7.99. The molecule has 0 aromatic heterocycles. The summed E-state index contributed by atoms with van der Waals surface area (Å²) in [4.78, 5) is 33.2. The largest absolute Gasteiger partial charge is 0.308 e. The summed E-state index contributed by atoms with van der Waals surface area (Å²) in [5, 5.41) is 1.59. The first-order valence-corrected chi connectivity index (χ1v) is 12.6. The number of rotatable bonds is 2. The number of carbonyl (C=O) groups excluding carboxylic acids is 2. The van der Waals surface area contributed by atoms with Gasteiger partial charge in [0, 0.05) is 31.7 Å². The summed E-state index contributed by atoms with van der Waals surface area (Å²) < 4.78 is 0. The van der Waals surface area contributed by atoms with E-state index in [2.05, 4.69) is 29.2 Å². The molecule has 5 aromatic rings. The van der Waals surface area contributed by atoms with Crippen molar-refractivity contribution in [3.63, 3.8) is 0 Å². The first-order valence-electron chi connectivity index (χ1n) is 11.8. The van der Waals surface area contributed by atoms with Gasteiger partial charge in [0.1, 0.15) is 0 Å². The average molecular weight is 485 g/mol. The van der Waals surface area contributed by atoms with Crippen molar-refractivity contribution >= 4 is 57.1 Å². The van der Waals surface area contributed by atoms with Crippen molar-refractivity contribution in [2.45, 2.75) is 16.7 Å². The summed E-state index contributed by atoms with van der Waals surface area (Å²) in [6.07, 6.45) is 0. The maximum absolute atomic E-state index is 13.7. The second kappa shape index (κ2) is 7.83. The Balaban J connectivity index is 1.46. The second-order valence-electron chi connectivity index (χ2n) is 9.01. The number of nitrogens with zero attached hydrogens (tertiary/aromatic N) is 2. The highest BCUT2D eigenvalue weighted by Gasteiger charge is 2.35. The van der Waals surface area contributed by atoms with Crippen molar-refractivity contribution in [2.24, 2.45) is 0 Å². The van der Waals surface area contributed by atoms with E-state index in [1.165, 1.54) is 4.90 Å². The Hall–Kier alpha value is -4.35. The summed E-state index contributed by atoms with van der Waals surface area (Å²) in [6, 6.07) is 33.7. The zero-order valence-electron chi connectivity index (χ0n) is 19.4. The Morgan fingerprint density at radius 3 is 1.83 bits per heavy atom. The first kappa shape index (κ1) is 21.0. The SMILES string of the molecule is Cc1ccc(N2C(=O)c3cccc4c(N5c6ccccc6Sc6ccccc65)ccc(c34)C2=O)cc1. The van der Waals surface area contributed by atoms with Crippen molar-refractivity contribution in [1.29, 1.82) is 0 Å². The van der Waals surface area contributed by atoms with Crippen LogP contribution in [0, 0.1) is 6.92 Å². The third kappa shape index (κ3) is 2.96. The molecule has 0 N–H and O–H groups in total. The Morgan fingerprint density at radius 2 is 1.17 bits per heavy atom. The number of amides is 2. The molecular formula is C31H20N2O2S. The number of para-hydroxylation sites is 2. The fourth-order valence-electron chi connectivity index (χ4n) is 5.17. The van der Waals surface area contributed by atoms with Crippen LogP contribution in [0.5, 0.6) is 0 Å². The van der Waals surface area contributed by atoms with Crippen LogP contribution in [0.4, 0.5) is 22.7 Å². The summed E-state index contributed by atoms with van der Waals surface area (Å²) in [7, 11) is 0. The Kier molecular flexibility index (Phi) is 4.56. The molecule has 5 heteroatoms. The number of carbonyl (C=O) groups is 2. The van der Waals surface area contributed by atoms with E-state index in [1.54, 1.807) is 11.8 Å². The third-order valence-corrected chi connectivity index (χ3v) is 7.98. The molecule has 2 amide bonds. The summed E-state index contributed by atoms with van der Waals surface area (Å²) in [5.74, 6) is -0.594. The molecule has 4 nitrogen and oxygen atoms in total. The van der Waals surface area contributed by atoms with Gasteiger partial charge in [-0.25, -0.2) is 4.90 Å². The average Bonchev–Trinajstić information content (AvgIpc) is 2.91. The molecular weight excluding hydrogens is 464 g/mol. The Bertz CT molecular complexity index is 1660. The predicted octanol–water partition coefficient (Wildman–Crippen LogP) is 7.88. The molecule has 0 bridgehead atoms. The molecule has 7 rings (SSSR count). The Morgan fingerprint density at radius 1 is 0.556 bits per heavy atom. The van der Waals surface area contributed by atoms with Gasteiger partial charge in [0.25, 0.3) is 11.8 Å². The van der Waals surface area contributed by atoms with Gasteiger partial charge in [-0.3, -0.25) is 9.59 Å². The van der Waals surface area contributed by atoms with E-state index in [4.69, 9.17) is 0 Å². The van der Waals surface area contributed by atoms with Gasteiger partial charge >= 0.3 is 0 Å². The lowest BCUT2D eigenvalue weighted by molar-refractivity contribution is 0.0893. The van der Waals surface area contributed by atoms with Gasteiger partial charge in [-0.2, -0.15) is 0 Å². The predicted molar refractivity (Wildman–Crippen MR) is 145 cm³/mol. The van der Waals surface area contributed by atoms with E-state index in [-0.39, 0.29) is 11.8 Å². The van der Waals surface area contributed by atoms with Crippen molar-refractivity contribution in [3.05, 3.63) is 120 Å². The molecule has 0 atom stereocenters. The zero-order chi connectivity index (χ0) is 24.4. The maximum Gasteiger partial charge on any atom is 0.265 e. The minimum Gasteiger partial charge on any atom is -0.308 e. The van der Waals surface area contributed by atoms with Crippen LogP contribution in [0.25, 0.3) is 10.8 Å². The summed E-state index contributed by atoms with van der Waals surface area (Å²) in [5.41, 5.74) is 5.84. The van der Waals surface area contributed by atoms with Gasteiger partial charge in [-0.05, 0) is 61.5 Å². The molecule has 0 spiro atoms. The maximum atomic E-state index is 13.7. The van der Waals surface area contributed by atoms with E-state index < -0.39 is 0 Å². The molecule has 2 aliphatic heterocycles. The molecule has 36 heavy (non-hydrogen) atoms. The fourth-order valence-corrected chi connectivity index (χ4v) is 6.23. The summed E-state index contributed by atoms with van der Waals surface area (Å²) >= 11 is 1.75. The molecule has 0 unspecified atom stereocenters. The van der Waals surface area contributed by atoms with Crippen molar-refractivity contribution < 1.29 is 9.59 Å². The van der Waals surface area contributed by atoms with Crippen molar-refractivity contribution in [1.82, 2.24) is 0 Å². The molecule has 0 saturated carbocycles. The minimum absolute atomic E-state index is 0.297. The van der Waals surface area contributed by atoms with Gasteiger partial charge in [0.15, 0.2) is 0 Å². The number of hydrogen-bond acceptors (Lipinski definition) is 4. The van der Waals surface area contributed by atoms with E-state index in [1.807, 2.05) is 85.8 Å². The van der Waals surface area contributed by atoms with Crippen molar-refractivity contribution in [3.8, 4) is 0 Å². The molecule has 5 aromatic carbocycles. The lowest BCUT2D eigenvalue weighted by Crippen LogP contribution is -2.40. The molecule has 2 aliphatic rings. The lowest BCUT2D eigenvalue weighted by Gasteiger charge is -2.34. The van der Waals surface area contributed by atoms with E-state index in [0.717, 1.165) is 37.8 Å². The van der Waals surface area contributed by atoms with Gasteiger partial charge in [0.05, 0.1) is 22.7 Å². The van der Waals surface area contributed by atoms with Crippen LogP contribution < -0.4 is 9.80 Å². The molecule has 0 aliphatic carbocycles. The van der Waals surface area contributed by atoms with E-state index in [0.29, 0.717) is 22.2 Å². The standard InChI is InChI=1S/C31H20N2O2S/c1-19-13-15-20(16-14-19)32-30(34)22-8-6-7-21-24(18-17-23(29(21)22)31(32)35)33-25-9-2-4-11-27(25)36-28-12-5-3-10-26(28)33/h2-18H,1H3. The first-order chi connectivity index (χ1) is 17.6. The highest BCUT2D eigenvalue weighted by atomic mass is 32.2. The normalized spacial score (nSPS) is 14.1. The fraction of sp³-hybridized carbons (Fsp3) is 0.0323. The molecule has 172 valence electrons. The number of anilines is 4. The zero-order valence-corrected chi connectivity index (χ0v) is 20.3. The topological polar surface area (TPSA) is 40.6 Å². The van der Waals surface area contributed by atoms with Gasteiger partial charge in [-0.15, -0.1) is 0 Å². The van der Waals surface area contributed by atoms with Gasteiger partial charge in [-0.1, -0.05) is 65.9 Å². The molecule has 0 saturated heterocycles. The van der Waals surface area contributed by atoms with Crippen LogP contribution in [-0.4, -0.2) is 11.8 Å². The molecule has 0 fully saturated rings. The number of benzene rings is 5. The minimum atomic E-state index is -0.297. The Labute approximate surface area is 212 Å². The molecule has 0 radical (unpaired) electrons. The van der Waals surface area contributed by atoms with Crippen LogP contribution in [0.15, 0.2) is 113 Å². The van der Waals surface area contributed by atoms with E-state index in [9.17, 15) is 9.59 Å². The summed E-state index contributed by atoms with van der Waals surface area (Å²) in [6.45, 7) is 1.98. The number of fused-ring (bicyclic) bond motifs is 2. The number of imide groups is 1.